The van der Waals surface area contributed by atoms with Crippen molar-refractivity contribution in [3.63, 3.8) is 0 Å². The first-order valence-corrected chi connectivity index (χ1v) is 19.0. The van der Waals surface area contributed by atoms with Crippen LogP contribution in [-0.4, -0.2) is 75.6 Å². The van der Waals surface area contributed by atoms with Gasteiger partial charge in [0.2, 0.25) is 15.9 Å². The second-order valence-corrected chi connectivity index (χ2v) is 15.6. The highest BCUT2D eigenvalue weighted by Gasteiger charge is 2.42. The molecule has 1 aliphatic carbocycles. The van der Waals surface area contributed by atoms with Gasteiger partial charge in [-0.1, -0.05) is 36.8 Å². The molecule has 2 aromatic carbocycles. The Morgan fingerprint density at radius 3 is 2.28 bits per heavy atom. The van der Waals surface area contributed by atoms with Crippen LogP contribution in [0.5, 0.6) is 5.75 Å². The normalized spacial score (nSPS) is 25.3. The van der Waals surface area contributed by atoms with Crippen LogP contribution in [0.2, 0.25) is 0 Å². The Balaban J connectivity index is 1.07. The molecular weight excluding hydrogens is 598 g/mol. The summed E-state index contributed by atoms with van der Waals surface area (Å²) in [5.74, 6) is 1.21. The molecule has 0 bridgehead atoms. The zero-order valence-electron chi connectivity index (χ0n) is 28.4. The number of hydrogen-bond donors (Lipinski definition) is 1. The van der Waals surface area contributed by atoms with Crippen molar-refractivity contribution in [2.75, 3.05) is 39.9 Å². The average molecular weight is 654 g/mol. The monoisotopic (exact) mass is 653 g/mol. The minimum Gasteiger partial charge on any atom is -0.497 e. The van der Waals surface area contributed by atoms with Crippen molar-refractivity contribution in [3.05, 3.63) is 59.2 Å². The van der Waals surface area contributed by atoms with Crippen LogP contribution in [0.1, 0.15) is 94.2 Å². The van der Waals surface area contributed by atoms with Gasteiger partial charge in [-0.3, -0.25) is 9.69 Å². The molecule has 3 fully saturated rings. The summed E-state index contributed by atoms with van der Waals surface area (Å²) in [5, 5.41) is 3.07. The van der Waals surface area contributed by atoms with E-state index >= 15 is 0 Å². The van der Waals surface area contributed by atoms with E-state index in [4.69, 9.17) is 9.47 Å². The van der Waals surface area contributed by atoms with Crippen LogP contribution >= 0.6 is 0 Å². The Morgan fingerprint density at radius 2 is 1.63 bits per heavy atom. The third kappa shape index (κ3) is 7.80. The van der Waals surface area contributed by atoms with Gasteiger partial charge in [-0.25, -0.2) is 8.42 Å². The Bertz CT molecular complexity index is 1380. The van der Waals surface area contributed by atoms with E-state index in [9.17, 15) is 13.2 Å². The van der Waals surface area contributed by atoms with Crippen LogP contribution < -0.4 is 10.1 Å². The highest BCUT2D eigenvalue weighted by molar-refractivity contribution is 7.89. The van der Waals surface area contributed by atoms with E-state index in [2.05, 4.69) is 40.5 Å². The van der Waals surface area contributed by atoms with Gasteiger partial charge in [0.05, 0.1) is 18.6 Å². The van der Waals surface area contributed by atoms with Crippen molar-refractivity contribution in [3.8, 4) is 5.75 Å². The standard InChI is InChI=1S/C37H55N3O5S/c1-28-25-34(44-4)26-29(2)35(28)46(42,43)40-24-9-8-16-33(40)27-45-30(3)36(41)38-21-12-13-31-17-19-37(20-18-31,39-22-10-11-23-39)32-14-6-5-7-15-32/h5-7,14-15,25-26,30-31,33H,8-13,16-24,27H2,1-4H3,(H,38,41). The molecule has 5 rings (SSSR count). The maximum absolute atomic E-state index is 13.8. The van der Waals surface area contributed by atoms with Crippen molar-refractivity contribution in [1.29, 1.82) is 0 Å². The molecule has 0 aromatic heterocycles. The molecule has 2 saturated heterocycles. The summed E-state index contributed by atoms with van der Waals surface area (Å²) in [6, 6.07) is 14.4. The number of aryl methyl sites for hydroxylation is 2. The Morgan fingerprint density at radius 1 is 0.978 bits per heavy atom. The van der Waals surface area contributed by atoms with Crippen LogP contribution in [-0.2, 0) is 25.1 Å². The summed E-state index contributed by atoms with van der Waals surface area (Å²) in [7, 11) is -2.14. The highest BCUT2D eigenvalue weighted by Crippen LogP contribution is 2.46. The molecule has 0 spiro atoms. The van der Waals surface area contributed by atoms with Gasteiger partial charge in [-0.05, 0) is 133 Å². The van der Waals surface area contributed by atoms with Gasteiger partial charge in [0.15, 0.2) is 0 Å². The number of carbonyl (C=O) groups is 1. The fraction of sp³-hybridized carbons (Fsp3) is 0.649. The largest absolute Gasteiger partial charge is 0.497 e. The number of nitrogens with zero attached hydrogens (tertiary/aromatic N) is 2. The predicted molar refractivity (Wildman–Crippen MR) is 183 cm³/mol. The Kier molecular flexibility index (Phi) is 11.8. The molecule has 8 nitrogen and oxygen atoms in total. The lowest BCUT2D eigenvalue weighted by Gasteiger charge is -2.47. The van der Waals surface area contributed by atoms with Gasteiger partial charge in [0, 0.05) is 24.7 Å². The van der Waals surface area contributed by atoms with Gasteiger partial charge >= 0.3 is 0 Å². The van der Waals surface area contributed by atoms with Crippen LogP contribution in [0.15, 0.2) is 47.4 Å². The number of sulfonamides is 1. The van der Waals surface area contributed by atoms with Crippen LogP contribution in [0.4, 0.5) is 0 Å². The second kappa shape index (κ2) is 15.6. The number of benzene rings is 2. The van der Waals surface area contributed by atoms with Crippen molar-refractivity contribution in [2.24, 2.45) is 5.92 Å². The van der Waals surface area contributed by atoms with E-state index in [1.165, 1.54) is 57.2 Å². The average Bonchev–Trinajstić information content (AvgIpc) is 3.62. The molecule has 254 valence electrons. The van der Waals surface area contributed by atoms with Gasteiger partial charge in [-0.2, -0.15) is 4.31 Å². The van der Waals surface area contributed by atoms with E-state index in [-0.39, 0.29) is 24.1 Å². The van der Waals surface area contributed by atoms with Crippen molar-refractivity contribution < 1.29 is 22.7 Å². The lowest BCUT2D eigenvalue weighted by atomic mass is 9.70. The molecule has 3 aliphatic rings. The molecule has 46 heavy (non-hydrogen) atoms. The summed E-state index contributed by atoms with van der Waals surface area (Å²) in [5.41, 5.74) is 3.02. The quantitative estimate of drug-likeness (QED) is 0.254. The Labute approximate surface area is 277 Å². The maximum Gasteiger partial charge on any atom is 0.248 e. The Hall–Kier alpha value is -2.46. The van der Waals surface area contributed by atoms with E-state index in [1.54, 1.807) is 30.5 Å². The molecule has 2 aromatic rings. The number of methoxy groups -OCH3 is 1. The SMILES string of the molecule is COc1cc(C)c(S(=O)(=O)N2CCCCC2COC(C)C(=O)NCCCC2CCC(c3ccccc3)(N3CCCC3)CC2)c(C)c1. The lowest BCUT2D eigenvalue weighted by Crippen LogP contribution is -2.47. The van der Waals surface area contributed by atoms with Crippen molar-refractivity contribution >= 4 is 15.9 Å². The zero-order chi connectivity index (χ0) is 32.7. The third-order valence-corrected chi connectivity index (χ3v) is 13.0. The lowest BCUT2D eigenvalue weighted by molar-refractivity contribution is -0.132. The fourth-order valence-corrected chi connectivity index (χ4v) is 10.3. The maximum atomic E-state index is 13.8. The number of ether oxygens (including phenoxy) is 2. The van der Waals surface area contributed by atoms with E-state index < -0.39 is 16.1 Å². The van der Waals surface area contributed by atoms with Crippen LogP contribution in [0.3, 0.4) is 0 Å². The minimum absolute atomic E-state index is 0.132. The first kappa shape index (κ1) is 34.9. The molecule has 9 heteroatoms. The highest BCUT2D eigenvalue weighted by atomic mass is 32.2. The van der Waals surface area contributed by atoms with E-state index in [1.807, 2.05) is 13.8 Å². The number of piperidine rings is 1. The first-order valence-electron chi connectivity index (χ1n) is 17.5. The summed E-state index contributed by atoms with van der Waals surface area (Å²) in [6.07, 6.45) is 11.4. The predicted octanol–water partition coefficient (Wildman–Crippen LogP) is 6.34. The molecule has 2 heterocycles. The molecule has 0 radical (unpaired) electrons. The van der Waals surface area contributed by atoms with Crippen molar-refractivity contribution in [1.82, 2.24) is 14.5 Å². The molecular formula is C37H55N3O5S. The molecule has 2 unspecified atom stereocenters. The number of hydrogen-bond acceptors (Lipinski definition) is 6. The number of likely N-dealkylation sites (tertiary alicyclic amines) is 1. The summed E-state index contributed by atoms with van der Waals surface area (Å²) in [4.78, 5) is 16.0. The van der Waals surface area contributed by atoms with Gasteiger partial charge < -0.3 is 14.8 Å². The summed E-state index contributed by atoms with van der Waals surface area (Å²) < 4.78 is 40.6. The van der Waals surface area contributed by atoms with Crippen LogP contribution in [0.25, 0.3) is 0 Å². The molecule has 2 aliphatic heterocycles. The van der Waals surface area contributed by atoms with E-state index in [0.29, 0.717) is 47.2 Å². The number of rotatable bonds is 13. The fourth-order valence-electron chi connectivity index (χ4n) is 8.21. The second-order valence-electron chi connectivity index (χ2n) is 13.8. The number of nitrogens with one attached hydrogen (secondary N) is 1. The molecule has 2 atom stereocenters. The smallest absolute Gasteiger partial charge is 0.248 e. The first-order chi connectivity index (χ1) is 22.2. The zero-order valence-corrected chi connectivity index (χ0v) is 29.2. The topological polar surface area (TPSA) is 88.2 Å². The van der Waals surface area contributed by atoms with Crippen LogP contribution in [0, 0.1) is 19.8 Å². The van der Waals surface area contributed by atoms with E-state index in [0.717, 1.165) is 25.7 Å². The number of amides is 1. The molecule has 1 amide bonds. The van der Waals surface area contributed by atoms with Gasteiger partial charge in [-0.15, -0.1) is 0 Å². The number of carbonyl (C=O) groups excluding carboxylic acids is 1. The minimum atomic E-state index is -3.73. The summed E-state index contributed by atoms with van der Waals surface area (Å²) in [6.45, 7) is 9.09. The van der Waals surface area contributed by atoms with Gasteiger partial charge in [0.25, 0.3) is 0 Å². The third-order valence-electron chi connectivity index (χ3n) is 10.8. The molecule has 1 saturated carbocycles. The summed E-state index contributed by atoms with van der Waals surface area (Å²) >= 11 is 0. The van der Waals surface area contributed by atoms with Gasteiger partial charge in [0.1, 0.15) is 11.9 Å². The molecule has 1 N–H and O–H groups in total. The van der Waals surface area contributed by atoms with Crippen molar-refractivity contribution in [2.45, 2.75) is 114 Å².